The van der Waals surface area contributed by atoms with Crippen molar-refractivity contribution in [1.29, 1.82) is 0 Å². The Morgan fingerprint density at radius 2 is 1.60 bits per heavy atom. The van der Waals surface area contributed by atoms with Gasteiger partial charge in [-0.1, -0.05) is 73.3 Å². The second kappa shape index (κ2) is 9.05. The quantitative estimate of drug-likeness (QED) is 0.595. The Bertz CT molecular complexity index is 947. The van der Waals surface area contributed by atoms with E-state index in [0.717, 1.165) is 36.8 Å². The van der Waals surface area contributed by atoms with Crippen LogP contribution in [0, 0.1) is 0 Å². The molecule has 1 aliphatic heterocycles. The van der Waals surface area contributed by atoms with Crippen LogP contribution in [0.1, 0.15) is 50.2 Å². The average molecular weight is 423 g/mol. The molecular weight excluding hydrogens is 396 g/mol. The van der Waals surface area contributed by atoms with Gasteiger partial charge in [-0.2, -0.15) is 0 Å². The lowest BCUT2D eigenvalue weighted by Gasteiger charge is -2.31. The van der Waals surface area contributed by atoms with Gasteiger partial charge in [-0.15, -0.1) is 0 Å². The van der Waals surface area contributed by atoms with E-state index in [9.17, 15) is 9.59 Å². The molecule has 4 rings (SSSR count). The van der Waals surface area contributed by atoms with Crippen molar-refractivity contribution >= 4 is 29.0 Å². The molecule has 1 saturated carbocycles. The molecule has 0 N–H and O–H groups in total. The summed E-state index contributed by atoms with van der Waals surface area (Å²) in [4.78, 5) is 30.8. The molecule has 4 nitrogen and oxygen atoms in total. The van der Waals surface area contributed by atoms with Gasteiger partial charge in [0.1, 0.15) is 5.70 Å². The highest BCUT2D eigenvalue weighted by atomic mass is 35.5. The summed E-state index contributed by atoms with van der Waals surface area (Å²) in [5.41, 5.74) is 2.87. The van der Waals surface area contributed by atoms with Crippen LogP contribution in [0.5, 0.6) is 0 Å². The molecule has 2 aromatic carbocycles. The van der Waals surface area contributed by atoms with E-state index in [4.69, 9.17) is 11.6 Å². The van der Waals surface area contributed by atoms with Crippen molar-refractivity contribution in [3.63, 3.8) is 0 Å². The van der Waals surface area contributed by atoms with Crippen molar-refractivity contribution in [1.82, 2.24) is 9.80 Å². The van der Waals surface area contributed by atoms with E-state index >= 15 is 0 Å². The maximum atomic E-state index is 13.6. The fourth-order valence-electron chi connectivity index (χ4n) is 4.53. The lowest BCUT2D eigenvalue weighted by atomic mass is 9.94. The number of rotatable bonds is 6. The summed E-state index contributed by atoms with van der Waals surface area (Å²) in [5, 5.41) is 0.610. The minimum Gasteiger partial charge on any atom is -0.362 e. The van der Waals surface area contributed by atoms with Crippen LogP contribution in [0.2, 0.25) is 5.02 Å². The van der Waals surface area contributed by atoms with E-state index in [2.05, 4.69) is 0 Å². The van der Waals surface area contributed by atoms with Gasteiger partial charge in [0.15, 0.2) is 0 Å². The molecule has 0 radical (unpaired) electrons. The van der Waals surface area contributed by atoms with Gasteiger partial charge in [0.25, 0.3) is 11.8 Å². The molecule has 2 amide bonds. The predicted octanol–water partition coefficient (Wildman–Crippen LogP) is 5.27. The Hall–Kier alpha value is -2.59. The van der Waals surface area contributed by atoms with Crippen LogP contribution >= 0.6 is 11.6 Å². The van der Waals surface area contributed by atoms with Crippen molar-refractivity contribution in [2.24, 2.45) is 0 Å². The van der Waals surface area contributed by atoms with Gasteiger partial charge in [-0.25, -0.2) is 0 Å². The van der Waals surface area contributed by atoms with Gasteiger partial charge >= 0.3 is 0 Å². The molecule has 0 bridgehead atoms. The van der Waals surface area contributed by atoms with Crippen molar-refractivity contribution in [2.45, 2.75) is 51.6 Å². The van der Waals surface area contributed by atoms with Gasteiger partial charge in [0, 0.05) is 24.2 Å². The summed E-state index contributed by atoms with van der Waals surface area (Å²) in [6.07, 6.45) is 5.09. The molecule has 156 valence electrons. The number of nitrogens with zero attached hydrogens (tertiary/aromatic N) is 2. The van der Waals surface area contributed by atoms with Crippen LogP contribution in [-0.2, 0) is 16.1 Å². The third-order valence-corrected chi connectivity index (χ3v) is 6.33. The largest absolute Gasteiger partial charge is 0.362 e. The summed E-state index contributed by atoms with van der Waals surface area (Å²) in [7, 11) is 0. The highest BCUT2D eigenvalue weighted by molar-refractivity contribution is 6.36. The number of hydrogen-bond donors (Lipinski definition) is 0. The fraction of sp³-hybridized carbons (Fsp3) is 0.360. The molecule has 1 aliphatic carbocycles. The number of benzene rings is 2. The molecule has 0 saturated heterocycles. The zero-order valence-electron chi connectivity index (χ0n) is 17.3. The molecule has 0 aromatic heterocycles. The maximum Gasteiger partial charge on any atom is 0.278 e. The number of amides is 2. The molecular formula is C25H27ClN2O2. The highest BCUT2D eigenvalue weighted by Crippen LogP contribution is 2.36. The van der Waals surface area contributed by atoms with Crippen LogP contribution in [0.3, 0.4) is 0 Å². The lowest BCUT2D eigenvalue weighted by molar-refractivity contribution is -0.141. The van der Waals surface area contributed by atoms with Crippen molar-refractivity contribution in [3.8, 4) is 0 Å². The van der Waals surface area contributed by atoms with Crippen LogP contribution in [0.4, 0.5) is 0 Å². The van der Waals surface area contributed by atoms with E-state index in [-0.39, 0.29) is 17.9 Å². The number of carbonyl (C=O) groups excluding carboxylic acids is 2. The van der Waals surface area contributed by atoms with Gasteiger partial charge in [0.05, 0.1) is 5.57 Å². The van der Waals surface area contributed by atoms with Crippen LogP contribution in [-0.4, -0.2) is 34.2 Å². The van der Waals surface area contributed by atoms with Crippen LogP contribution in [0.25, 0.3) is 5.57 Å². The molecule has 5 heteroatoms. The molecule has 1 heterocycles. The highest BCUT2D eigenvalue weighted by Gasteiger charge is 2.44. The van der Waals surface area contributed by atoms with E-state index < -0.39 is 0 Å². The van der Waals surface area contributed by atoms with Crippen LogP contribution < -0.4 is 0 Å². The third kappa shape index (κ3) is 4.01. The topological polar surface area (TPSA) is 40.6 Å². The third-order valence-electron chi connectivity index (χ3n) is 6.08. The van der Waals surface area contributed by atoms with Gasteiger partial charge in [-0.3, -0.25) is 14.5 Å². The van der Waals surface area contributed by atoms with Crippen molar-refractivity contribution in [3.05, 3.63) is 76.4 Å². The Kier molecular flexibility index (Phi) is 6.24. The van der Waals surface area contributed by atoms with E-state index in [1.807, 2.05) is 54.3 Å². The normalized spacial score (nSPS) is 17.7. The molecule has 0 atom stereocenters. The van der Waals surface area contributed by atoms with Gasteiger partial charge in [-0.05, 0) is 43.0 Å². The maximum absolute atomic E-state index is 13.6. The standard InChI is InChI=1S/C25H27ClN2O2/c1-2-27(17-18-9-5-3-6-10-18)23-22(19-13-15-20(26)16-14-19)24(29)28(25(23)30)21-11-7-4-8-12-21/h3,5-6,9-10,13-16,21H,2,4,7-8,11-12,17H2,1H3. The first kappa shape index (κ1) is 20.7. The average Bonchev–Trinajstić information content (AvgIpc) is 3.04. The summed E-state index contributed by atoms with van der Waals surface area (Å²) in [5.74, 6) is -0.328. The van der Waals surface area contributed by atoms with E-state index in [1.54, 1.807) is 12.1 Å². The first-order chi connectivity index (χ1) is 14.6. The number of halogens is 1. The smallest absolute Gasteiger partial charge is 0.278 e. The molecule has 2 aromatic rings. The summed E-state index contributed by atoms with van der Waals surface area (Å²) >= 11 is 6.08. The SMILES string of the molecule is CCN(Cc1ccccc1)C1=C(c2ccc(Cl)cc2)C(=O)N(C2CCCCC2)C1=O. The number of likely N-dealkylation sites (N-methyl/N-ethyl adjacent to an activating group) is 1. The van der Waals surface area contributed by atoms with Gasteiger partial charge < -0.3 is 4.90 Å². The minimum absolute atomic E-state index is 0.00557. The first-order valence-electron chi connectivity index (χ1n) is 10.8. The summed E-state index contributed by atoms with van der Waals surface area (Å²) in [6.45, 7) is 3.25. The molecule has 30 heavy (non-hydrogen) atoms. The zero-order chi connectivity index (χ0) is 21.1. The zero-order valence-corrected chi connectivity index (χ0v) is 18.1. The minimum atomic E-state index is -0.171. The summed E-state index contributed by atoms with van der Waals surface area (Å²) in [6, 6.07) is 17.3. The lowest BCUT2D eigenvalue weighted by Crippen LogP contribution is -2.43. The Morgan fingerprint density at radius 1 is 0.933 bits per heavy atom. The summed E-state index contributed by atoms with van der Waals surface area (Å²) < 4.78 is 0. The molecule has 0 unspecified atom stereocenters. The monoisotopic (exact) mass is 422 g/mol. The first-order valence-corrected chi connectivity index (χ1v) is 11.1. The Labute approximate surface area is 183 Å². The molecule has 2 aliphatic rings. The van der Waals surface area contributed by atoms with Gasteiger partial charge in [0.2, 0.25) is 0 Å². The predicted molar refractivity (Wildman–Crippen MR) is 120 cm³/mol. The number of imide groups is 1. The molecule has 1 fully saturated rings. The number of carbonyl (C=O) groups is 2. The molecule has 0 spiro atoms. The second-order valence-electron chi connectivity index (χ2n) is 8.00. The van der Waals surface area contributed by atoms with E-state index in [0.29, 0.717) is 29.4 Å². The van der Waals surface area contributed by atoms with Crippen molar-refractivity contribution < 1.29 is 9.59 Å². The van der Waals surface area contributed by atoms with Crippen LogP contribution in [0.15, 0.2) is 60.3 Å². The number of hydrogen-bond acceptors (Lipinski definition) is 3. The fourth-order valence-corrected chi connectivity index (χ4v) is 4.65. The van der Waals surface area contributed by atoms with Crippen molar-refractivity contribution in [2.75, 3.05) is 6.54 Å². The van der Waals surface area contributed by atoms with E-state index in [1.165, 1.54) is 11.3 Å². The Morgan fingerprint density at radius 3 is 2.23 bits per heavy atom. The Balaban J connectivity index is 1.76. The second-order valence-corrected chi connectivity index (χ2v) is 8.44.